The van der Waals surface area contributed by atoms with Crippen LogP contribution in [0.3, 0.4) is 0 Å². The average molecular weight is 296 g/mol. The molecule has 0 atom stereocenters. The first-order chi connectivity index (χ1) is 10.2. The molecule has 2 rings (SSSR count). The van der Waals surface area contributed by atoms with Crippen molar-refractivity contribution in [1.82, 2.24) is 5.32 Å². The molecule has 0 aliphatic carbocycles. The SMILES string of the molecule is N#Cc1ccc(C(=O)NCc2cc(C#CCO)cs2)cc1. The minimum atomic E-state index is -0.184. The van der Waals surface area contributed by atoms with Crippen LogP contribution in [0.1, 0.15) is 26.4 Å². The van der Waals surface area contributed by atoms with Crippen LogP contribution in [0.4, 0.5) is 0 Å². The third-order valence-corrected chi connectivity index (χ3v) is 3.60. The number of nitrogens with zero attached hydrogens (tertiary/aromatic N) is 1. The highest BCUT2D eigenvalue weighted by Crippen LogP contribution is 2.13. The molecule has 2 N–H and O–H groups in total. The summed E-state index contributed by atoms with van der Waals surface area (Å²) in [5.74, 6) is 5.21. The smallest absolute Gasteiger partial charge is 0.251 e. The van der Waals surface area contributed by atoms with Crippen LogP contribution in [0, 0.1) is 23.2 Å². The Hall–Kier alpha value is -2.60. The Morgan fingerprint density at radius 3 is 2.71 bits per heavy atom. The molecule has 0 aliphatic rings. The summed E-state index contributed by atoms with van der Waals surface area (Å²) in [5, 5.41) is 22.0. The zero-order chi connectivity index (χ0) is 15.1. The molecule has 0 fully saturated rings. The van der Waals surface area contributed by atoms with Crippen molar-refractivity contribution in [2.75, 3.05) is 6.61 Å². The summed E-state index contributed by atoms with van der Waals surface area (Å²) < 4.78 is 0. The molecule has 0 aliphatic heterocycles. The number of thiophene rings is 1. The third kappa shape index (κ3) is 4.19. The summed E-state index contributed by atoms with van der Waals surface area (Å²) in [6, 6.07) is 10.4. The number of aliphatic hydroxyl groups is 1. The van der Waals surface area contributed by atoms with Crippen molar-refractivity contribution in [1.29, 1.82) is 5.26 Å². The molecular weight excluding hydrogens is 284 g/mol. The monoisotopic (exact) mass is 296 g/mol. The van der Waals surface area contributed by atoms with Crippen molar-refractivity contribution in [2.45, 2.75) is 6.54 Å². The Bertz CT molecular complexity index is 730. The minimum absolute atomic E-state index is 0.166. The molecule has 5 heteroatoms. The van der Waals surface area contributed by atoms with Crippen molar-refractivity contribution < 1.29 is 9.90 Å². The molecule has 21 heavy (non-hydrogen) atoms. The fraction of sp³-hybridized carbons (Fsp3) is 0.125. The molecule has 104 valence electrons. The van der Waals surface area contributed by atoms with E-state index in [-0.39, 0.29) is 12.5 Å². The summed E-state index contributed by atoms with van der Waals surface area (Å²) in [4.78, 5) is 12.9. The van der Waals surface area contributed by atoms with E-state index in [2.05, 4.69) is 17.2 Å². The number of rotatable bonds is 3. The number of nitrogens with one attached hydrogen (secondary N) is 1. The molecule has 1 heterocycles. The molecule has 1 aromatic heterocycles. The molecule has 4 nitrogen and oxygen atoms in total. The van der Waals surface area contributed by atoms with E-state index in [0.29, 0.717) is 17.7 Å². The largest absolute Gasteiger partial charge is 0.384 e. The number of hydrogen-bond donors (Lipinski definition) is 2. The van der Waals surface area contributed by atoms with Crippen LogP contribution in [-0.2, 0) is 6.54 Å². The van der Waals surface area contributed by atoms with Gasteiger partial charge < -0.3 is 10.4 Å². The summed E-state index contributed by atoms with van der Waals surface area (Å²) in [7, 11) is 0. The maximum atomic E-state index is 11.9. The second kappa shape index (κ2) is 7.25. The molecule has 0 saturated heterocycles. The third-order valence-electron chi connectivity index (χ3n) is 2.66. The molecule has 0 saturated carbocycles. The van der Waals surface area contributed by atoms with Crippen molar-refractivity contribution in [3.05, 3.63) is 57.3 Å². The van der Waals surface area contributed by atoms with Gasteiger partial charge in [-0.05, 0) is 30.3 Å². The van der Waals surface area contributed by atoms with Gasteiger partial charge in [0.25, 0.3) is 5.91 Å². The van der Waals surface area contributed by atoms with E-state index in [9.17, 15) is 4.79 Å². The van der Waals surface area contributed by atoms with Crippen molar-refractivity contribution >= 4 is 17.2 Å². The van der Waals surface area contributed by atoms with Gasteiger partial charge in [0.05, 0.1) is 18.2 Å². The van der Waals surface area contributed by atoms with Crippen LogP contribution in [-0.4, -0.2) is 17.6 Å². The summed E-state index contributed by atoms with van der Waals surface area (Å²) in [6.07, 6.45) is 0. The van der Waals surface area contributed by atoms with Crippen LogP contribution >= 0.6 is 11.3 Å². The van der Waals surface area contributed by atoms with E-state index in [4.69, 9.17) is 10.4 Å². The number of aliphatic hydroxyl groups excluding tert-OH is 1. The lowest BCUT2D eigenvalue weighted by molar-refractivity contribution is 0.0951. The van der Waals surface area contributed by atoms with Crippen molar-refractivity contribution in [2.24, 2.45) is 0 Å². The quantitative estimate of drug-likeness (QED) is 0.850. The number of hydrogen-bond acceptors (Lipinski definition) is 4. The molecule has 0 radical (unpaired) electrons. The second-order valence-electron chi connectivity index (χ2n) is 4.13. The molecular formula is C16H12N2O2S. The van der Waals surface area contributed by atoms with Crippen LogP contribution in [0.2, 0.25) is 0 Å². The van der Waals surface area contributed by atoms with Gasteiger partial charge in [-0.25, -0.2) is 0 Å². The highest BCUT2D eigenvalue weighted by atomic mass is 32.1. The van der Waals surface area contributed by atoms with Gasteiger partial charge in [-0.3, -0.25) is 4.79 Å². The zero-order valence-electron chi connectivity index (χ0n) is 11.1. The van der Waals surface area contributed by atoms with E-state index in [0.717, 1.165) is 10.4 Å². The summed E-state index contributed by atoms with van der Waals surface area (Å²) in [6.45, 7) is 0.255. The van der Waals surface area contributed by atoms with Gasteiger partial charge in [0.1, 0.15) is 6.61 Å². The first-order valence-electron chi connectivity index (χ1n) is 6.18. The van der Waals surface area contributed by atoms with Gasteiger partial charge in [-0.15, -0.1) is 11.3 Å². The standard InChI is InChI=1S/C16H12N2O2S/c17-9-12-3-5-14(6-4-12)16(20)18-10-15-8-13(11-21-15)2-1-7-19/h3-6,8,11,19H,7,10H2,(H,18,20). The summed E-state index contributed by atoms with van der Waals surface area (Å²) >= 11 is 1.50. The molecule has 0 unspecified atom stereocenters. The van der Waals surface area contributed by atoms with E-state index >= 15 is 0 Å². The topological polar surface area (TPSA) is 73.1 Å². The van der Waals surface area contributed by atoms with Gasteiger partial charge in [0.2, 0.25) is 0 Å². The van der Waals surface area contributed by atoms with E-state index < -0.39 is 0 Å². The van der Waals surface area contributed by atoms with Crippen LogP contribution < -0.4 is 5.32 Å². The van der Waals surface area contributed by atoms with E-state index in [1.807, 2.05) is 17.5 Å². The molecule has 0 bridgehead atoms. The molecule has 1 amide bonds. The molecule has 0 spiro atoms. The van der Waals surface area contributed by atoms with Gasteiger partial charge in [-0.2, -0.15) is 5.26 Å². The van der Waals surface area contributed by atoms with Gasteiger partial charge >= 0.3 is 0 Å². The maximum Gasteiger partial charge on any atom is 0.251 e. The number of carbonyl (C=O) groups excluding carboxylic acids is 1. The number of benzene rings is 1. The van der Waals surface area contributed by atoms with Crippen molar-refractivity contribution in [3.8, 4) is 17.9 Å². The Morgan fingerprint density at radius 1 is 1.29 bits per heavy atom. The lowest BCUT2D eigenvalue weighted by atomic mass is 10.1. The van der Waals surface area contributed by atoms with E-state index in [1.165, 1.54) is 11.3 Å². The molecule has 2 aromatic rings. The Kier molecular flexibility index (Phi) is 5.11. The maximum absolute atomic E-state index is 11.9. The first kappa shape index (κ1) is 14.8. The normalized spacial score (nSPS) is 9.33. The number of nitriles is 1. The van der Waals surface area contributed by atoms with Crippen LogP contribution in [0.15, 0.2) is 35.7 Å². The van der Waals surface area contributed by atoms with Gasteiger partial charge in [0.15, 0.2) is 0 Å². The van der Waals surface area contributed by atoms with Gasteiger partial charge in [-0.1, -0.05) is 11.8 Å². The lowest BCUT2D eigenvalue weighted by Crippen LogP contribution is -2.22. The minimum Gasteiger partial charge on any atom is -0.384 e. The second-order valence-corrected chi connectivity index (χ2v) is 5.13. The van der Waals surface area contributed by atoms with E-state index in [1.54, 1.807) is 24.3 Å². The predicted molar refractivity (Wildman–Crippen MR) is 80.6 cm³/mol. The zero-order valence-corrected chi connectivity index (χ0v) is 11.9. The van der Waals surface area contributed by atoms with Crippen LogP contribution in [0.5, 0.6) is 0 Å². The molecule has 1 aromatic carbocycles. The highest BCUT2D eigenvalue weighted by molar-refractivity contribution is 7.10. The highest BCUT2D eigenvalue weighted by Gasteiger charge is 2.06. The van der Waals surface area contributed by atoms with Crippen molar-refractivity contribution in [3.63, 3.8) is 0 Å². The number of carbonyl (C=O) groups is 1. The average Bonchev–Trinajstić information content (AvgIpc) is 2.98. The Morgan fingerprint density at radius 2 is 2.05 bits per heavy atom. The summed E-state index contributed by atoms with van der Waals surface area (Å²) in [5.41, 5.74) is 1.87. The Labute approximate surface area is 126 Å². The van der Waals surface area contributed by atoms with Crippen LogP contribution in [0.25, 0.3) is 0 Å². The Balaban J connectivity index is 1.94. The predicted octanol–water partition coefficient (Wildman–Crippen LogP) is 1.89. The fourth-order valence-corrected chi connectivity index (χ4v) is 2.40. The first-order valence-corrected chi connectivity index (χ1v) is 7.06. The lowest BCUT2D eigenvalue weighted by Gasteiger charge is -2.03. The van der Waals surface area contributed by atoms with Gasteiger partial charge in [0, 0.05) is 21.4 Å². The fourth-order valence-electron chi connectivity index (χ4n) is 1.65. The number of amides is 1.